The van der Waals surface area contributed by atoms with Crippen molar-refractivity contribution in [3.8, 4) is 0 Å². The molecule has 2 aromatic rings. The van der Waals surface area contributed by atoms with E-state index in [1.54, 1.807) is 12.1 Å². The molecule has 0 saturated heterocycles. The first-order valence-electron chi connectivity index (χ1n) is 5.19. The van der Waals surface area contributed by atoms with Crippen molar-refractivity contribution in [2.45, 2.75) is 6.54 Å². The number of benzene rings is 2. The van der Waals surface area contributed by atoms with Gasteiger partial charge in [-0.2, -0.15) is 0 Å². The number of hydrogen-bond acceptors (Lipinski definition) is 1. The van der Waals surface area contributed by atoms with Crippen LogP contribution in [0.25, 0.3) is 0 Å². The minimum Gasteiger partial charge on any atom is -0.380 e. The summed E-state index contributed by atoms with van der Waals surface area (Å²) in [6, 6.07) is 10.5. The second-order valence-corrected chi connectivity index (χ2v) is 5.95. The molecular weight excluding hydrogens is 384 g/mol. The first-order chi connectivity index (χ1) is 8.56. The van der Waals surface area contributed by atoms with Crippen LogP contribution in [-0.2, 0) is 6.54 Å². The van der Waals surface area contributed by atoms with Crippen molar-refractivity contribution in [2.75, 3.05) is 5.32 Å². The largest absolute Gasteiger partial charge is 0.380 e. The van der Waals surface area contributed by atoms with Crippen LogP contribution in [0.5, 0.6) is 0 Å². The maximum absolute atomic E-state index is 13.6. The topological polar surface area (TPSA) is 12.0 Å². The zero-order valence-electron chi connectivity index (χ0n) is 9.18. The number of nitrogens with one attached hydrogen (secondary N) is 1. The Morgan fingerprint density at radius 2 is 1.72 bits per heavy atom. The zero-order chi connectivity index (χ0) is 13.1. The smallest absolute Gasteiger partial charge is 0.129 e. The Morgan fingerprint density at radius 3 is 2.39 bits per heavy atom. The van der Waals surface area contributed by atoms with Crippen molar-refractivity contribution in [3.63, 3.8) is 0 Å². The van der Waals surface area contributed by atoms with Crippen LogP contribution < -0.4 is 5.32 Å². The fraction of sp³-hybridized carbons (Fsp3) is 0.0769. The Hall–Kier alpha value is -0.580. The molecule has 0 amide bonds. The lowest BCUT2D eigenvalue weighted by molar-refractivity contribution is 0.612. The summed E-state index contributed by atoms with van der Waals surface area (Å²) in [4.78, 5) is 0. The molecule has 0 saturated carbocycles. The predicted octanol–water partition coefficient (Wildman–Crippen LogP) is 5.62. The molecule has 0 bridgehead atoms. The van der Waals surface area contributed by atoms with E-state index in [0.717, 1.165) is 14.6 Å². The van der Waals surface area contributed by atoms with Crippen molar-refractivity contribution >= 4 is 49.1 Å². The van der Waals surface area contributed by atoms with Crippen molar-refractivity contribution in [2.24, 2.45) is 0 Å². The van der Waals surface area contributed by atoms with Crippen LogP contribution >= 0.6 is 43.5 Å². The minimum atomic E-state index is -0.245. The molecule has 0 unspecified atom stereocenters. The van der Waals surface area contributed by atoms with Crippen molar-refractivity contribution in [1.82, 2.24) is 0 Å². The average Bonchev–Trinajstić information content (AvgIpc) is 2.30. The maximum atomic E-state index is 13.6. The third-order valence-corrected chi connectivity index (χ3v) is 3.71. The van der Waals surface area contributed by atoms with Gasteiger partial charge in [-0.25, -0.2) is 4.39 Å². The maximum Gasteiger partial charge on any atom is 0.129 e. The fourth-order valence-electron chi connectivity index (χ4n) is 1.49. The van der Waals surface area contributed by atoms with Crippen LogP contribution in [0.2, 0.25) is 5.02 Å². The second-order valence-electron chi connectivity index (χ2n) is 3.71. The molecule has 0 fully saturated rings. The number of halogens is 4. The van der Waals surface area contributed by atoms with Gasteiger partial charge in [0, 0.05) is 21.1 Å². The Morgan fingerprint density at radius 1 is 1.06 bits per heavy atom. The molecule has 94 valence electrons. The van der Waals surface area contributed by atoms with Crippen molar-refractivity contribution in [1.29, 1.82) is 0 Å². The Labute approximate surface area is 127 Å². The van der Waals surface area contributed by atoms with E-state index < -0.39 is 0 Å². The summed E-state index contributed by atoms with van der Waals surface area (Å²) in [5.41, 5.74) is 1.37. The van der Waals surface area contributed by atoms with Crippen LogP contribution in [0.15, 0.2) is 45.3 Å². The third-order valence-electron chi connectivity index (χ3n) is 2.42. The molecule has 2 rings (SSSR count). The molecule has 0 radical (unpaired) electrons. The van der Waals surface area contributed by atoms with Crippen LogP contribution in [0.1, 0.15) is 5.56 Å². The molecule has 0 aliphatic rings. The SMILES string of the molecule is Fc1cc(Br)ccc1CNc1ccc(Br)cc1Cl. The lowest BCUT2D eigenvalue weighted by Crippen LogP contribution is -2.02. The van der Waals surface area contributed by atoms with E-state index >= 15 is 0 Å². The van der Waals surface area contributed by atoms with Gasteiger partial charge < -0.3 is 5.32 Å². The monoisotopic (exact) mass is 391 g/mol. The van der Waals surface area contributed by atoms with Crippen LogP contribution in [-0.4, -0.2) is 0 Å². The van der Waals surface area contributed by atoms with Gasteiger partial charge >= 0.3 is 0 Å². The first-order valence-corrected chi connectivity index (χ1v) is 7.15. The summed E-state index contributed by atoms with van der Waals surface area (Å²) < 4.78 is 15.2. The average molecular weight is 393 g/mol. The molecule has 0 aromatic heterocycles. The van der Waals surface area contributed by atoms with E-state index in [-0.39, 0.29) is 5.82 Å². The zero-order valence-corrected chi connectivity index (χ0v) is 13.1. The summed E-state index contributed by atoms with van der Waals surface area (Å²) in [7, 11) is 0. The number of hydrogen-bond donors (Lipinski definition) is 1. The van der Waals surface area contributed by atoms with Gasteiger partial charge in [0.1, 0.15) is 5.82 Å². The van der Waals surface area contributed by atoms with E-state index in [2.05, 4.69) is 37.2 Å². The highest BCUT2D eigenvalue weighted by Crippen LogP contribution is 2.26. The van der Waals surface area contributed by atoms with E-state index in [4.69, 9.17) is 11.6 Å². The Balaban J connectivity index is 2.11. The summed E-state index contributed by atoms with van der Waals surface area (Å²) in [6.07, 6.45) is 0. The molecule has 0 aliphatic heterocycles. The highest BCUT2D eigenvalue weighted by molar-refractivity contribution is 9.10. The number of anilines is 1. The summed E-state index contributed by atoms with van der Waals surface area (Å²) >= 11 is 12.6. The Kier molecular flexibility index (Phi) is 4.65. The second kappa shape index (κ2) is 6.04. The first kappa shape index (κ1) is 13.8. The van der Waals surface area contributed by atoms with E-state index in [1.165, 1.54) is 6.07 Å². The molecular formula is C13H9Br2ClFN. The highest BCUT2D eigenvalue weighted by atomic mass is 79.9. The van der Waals surface area contributed by atoms with Crippen molar-refractivity contribution < 1.29 is 4.39 Å². The molecule has 18 heavy (non-hydrogen) atoms. The van der Waals surface area contributed by atoms with Crippen LogP contribution in [0.4, 0.5) is 10.1 Å². The molecule has 0 aliphatic carbocycles. The summed E-state index contributed by atoms with van der Waals surface area (Å²) in [5, 5.41) is 3.71. The molecule has 1 N–H and O–H groups in total. The van der Waals surface area contributed by atoms with E-state index in [0.29, 0.717) is 17.1 Å². The normalized spacial score (nSPS) is 10.4. The minimum absolute atomic E-state index is 0.245. The highest BCUT2D eigenvalue weighted by Gasteiger charge is 2.04. The predicted molar refractivity (Wildman–Crippen MR) is 80.6 cm³/mol. The third kappa shape index (κ3) is 3.46. The van der Waals surface area contributed by atoms with Gasteiger partial charge in [0.2, 0.25) is 0 Å². The number of rotatable bonds is 3. The summed E-state index contributed by atoms with van der Waals surface area (Å²) in [6.45, 7) is 0.389. The van der Waals surface area contributed by atoms with Crippen molar-refractivity contribution in [3.05, 3.63) is 61.7 Å². The lowest BCUT2D eigenvalue weighted by Gasteiger charge is -2.09. The van der Waals surface area contributed by atoms with E-state index in [9.17, 15) is 4.39 Å². The summed E-state index contributed by atoms with van der Waals surface area (Å²) in [5.74, 6) is -0.245. The van der Waals surface area contributed by atoms with Gasteiger partial charge in [0.25, 0.3) is 0 Å². The van der Waals surface area contributed by atoms with Crippen LogP contribution in [0.3, 0.4) is 0 Å². The quantitative estimate of drug-likeness (QED) is 0.714. The fourth-order valence-corrected chi connectivity index (χ4v) is 2.56. The van der Waals surface area contributed by atoms with Gasteiger partial charge in [-0.3, -0.25) is 0 Å². The molecule has 1 nitrogen and oxygen atoms in total. The molecule has 0 spiro atoms. The lowest BCUT2D eigenvalue weighted by atomic mass is 10.2. The van der Waals surface area contributed by atoms with Gasteiger partial charge in [0.05, 0.1) is 10.7 Å². The van der Waals surface area contributed by atoms with Crippen LogP contribution in [0, 0.1) is 5.82 Å². The Bertz CT molecular complexity index is 523. The molecule has 5 heteroatoms. The van der Waals surface area contributed by atoms with Gasteiger partial charge in [-0.15, -0.1) is 0 Å². The molecule has 0 heterocycles. The van der Waals surface area contributed by atoms with Gasteiger partial charge in [0.15, 0.2) is 0 Å². The van der Waals surface area contributed by atoms with E-state index in [1.807, 2.05) is 18.2 Å². The standard InChI is InChI=1S/C13H9Br2ClFN/c14-9-3-4-13(11(16)5-9)18-7-8-1-2-10(15)6-12(8)17/h1-6,18H,7H2. The molecule has 0 atom stereocenters. The van der Waals surface area contributed by atoms with Gasteiger partial charge in [-0.05, 0) is 30.3 Å². The molecule has 2 aromatic carbocycles. The van der Waals surface area contributed by atoms with Gasteiger partial charge in [-0.1, -0.05) is 49.5 Å².